The largest absolute Gasteiger partial charge is 0.490 e. The number of hydrogen-bond donors (Lipinski definition) is 1. The summed E-state index contributed by atoms with van der Waals surface area (Å²) in [5, 5.41) is 3.84. The van der Waals surface area contributed by atoms with E-state index in [0.29, 0.717) is 36.0 Å². The van der Waals surface area contributed by atoms with Gasteiger partial charge in [-0.3, -0.25) is 4.79 Å². The van der Waals surface area contributed by atoms with E-state index >= 15 is 0 Å². The fourth-order valence-corrected chi connectivity index (χ4v) is 3.79. The van der Waals surface area contributed by atoms with Crippen molar-refractivity contribution in [1.82, 2.24) is 5.43 Å². The molecule has 0 heterocycles. The van der Waals surface area contributed by atoms with Crippen LogP contribution in [0, 0.1) is 0 Å². The average Bonchev–Trinajstić information content (AvgIpc) is 2.96. The minimum absolute atomic E-state index is 0.204. The molecule has 0 spiro atoms. The van der Waals surface area contributed by atoms with E-state index in [2.05, 4.69) is 10.5 Å². The first-order valence-corrected chi connectivity index (χ1v) is 12.5. The molecule has 0 bridgehead atoms. The predicted octanol–water partition coefficient (Wildman–Crippen LogP) is 7.03. The second-order valence-corrected chi connectivity index (χ2v) is 8.56. The number of halogens is 3. The van der Waals surface area contributed by atoms with Gasteiger partial charge >= 0.3 is 6.18 Å². The number of nitrogens with zero attached hydrogens (tertiary/aromatic N) is 1. The van der Waals surface area contributed by atoms with Gasteiger partial charge in [-0.25, -0.2) is 5.43 Å². The molecule has 0 saturated carbocycles. The van der Waals surface area contributed by atoms with Crippen molar-refractivity contribution in [3.8, 4) is 17.2 Å². The molecule has 6 nitrogen and oxygen atoms in total. The number of ether oxygens (including phenoxy) is 3. The van der Waals surface area contributed by atoms with Crippen LogP contribution < -0.4 is 19.6 Å². The summed E-state index contributed by atoms with van der Waals surface area (Å²) < 4.78 is 57.4. The Balaban J connectivity index is 1.41. The van der Waals surface area contributed by atoms with Crippen LogP contribution in [0.25, 0.3) is 0 Å². The van der Waals surface area contributed by atoms with E-state index in [1.54, 1.807) is 24.3 Å². The van der Waals surface area contributed by atoms with Crippen molar-refractivity contribution >= 4 is 12.1 Å². The van der Waals surface area contributed by atoms with Gasteiger partial charge < -0.3 is 14.2 Å². The lowest BCUT2D eigenvalue weighted by atomic mass is 10.1. The van der Waals surface area contributed by atoms with E-state index < -0.39 is 23.2 Å². The average molecular weight is 549 g/mol. The molecular weight excluding hydrogens is 521 g/mol. The molecule has 4 aromatic rings. The zero-order valence-corrected chi connectivity index (χ0v) is 21.7. The van der Waals surface area contributed by atoms with Crippen LogP contribution in [0.3, 0.4) is 0 Å². The Morgan fingerprint density at radius 2 is 1.45 bits per heavy atom. The van der Waals surface area contributed by atoms with E-state index in [-0.39, 0.29) is 6.61 Å². The Bertz CT molecular complexity index is 1460. The first-order valence-electron chi connectivity index (χ1n) is 12.5. The zero-order valence-electron chi connectivity index (χ0n) is 21.7. The fraction of sp³-hybridized carbons (Fsp3) is 0.161. The topological polar surface area (TPSA) is 69.2 Å². The number of amides is 1. The smallest absolute Gasteiger partial charge is 0.417 e. The van der Waals surface area contributed by atoms with Crippen molar-refractivity contribution in [3.05, 3.63) is 125 Å². The number of benzene rings is 4. The number of rotatable bonds is 11. The van der Waals surface area contributed by atoms with Gasteiger partial charge in [-0.05, 0) is 54.4 Å². The molecule has 4 rings (SSSR count). The molecule has 0 unspecified atom stereocenters. The second-order valence-electron chi connectivity index (χ2n) is 8.56. The molecule has 1 amide bonds. The lowest BCUT2D eigenvalue weighted by Gasteiger charge is -2.14. The van der Waals surface area contributed by atoms with Crippen LogP contribution in [-0.4, -0.2) is 18.7 Å². The van der Waals surface area contributed by atoms with Gasteiger partial charge in [0.2, 0.25) is 0 Å². The SMILES string of the molecule is CCOc1cc(COc2ccccc2/C=N/NC(=O)c2ccccc2C(F)(F)F)ccc1OCc1ccccc1. The quantitative estimate of drug-likeness (QED) is 0.161. The third kappa shape index (κ3) is 7.63. The highest BCUT2D eigenvalue weighted by Gasteiger charge is 2.34. The molecule has 0 radical (unpaired) electrons. The minimum atomic E-state index is -4.66. The molecule has 0 saturated heterocycles. The van der Waals surface area contributed by atoms with Crippen LogP contribution >= 0.6 is 0 Å². The van der Waals surface area contributed by atoms with E-state index in [9.17, 15) is 18.0 Å². The van der Waals surface area contributed by atoms with Gasteiger partial charge in [-0.1, -0.05) is 60.7 Å². The monoisotopic (exact) mass is 548 g/mol. The van der Waals surface area contributed by atoms with Crippen LogP contribution in [0.2, 0.25) is 0 Å². The number of nitrogens with one attached hydrogen (secondary N) is 1. The summed E-state index contributed by atoms with van der Waals surface area (Å²) in [5.74, 6) is 0.709. The summed E-state index contributed by atoms with van der Waals surface area (Å²) in [4.78, 5) is 12.4. The van der Waals surface area contributed by atoms with Gasteiger partial charge in [0, 0.05) is 5.56 Å². The van der Waals surface area contributed by atoms with E-state index in [4.69, 9.17) is 14.2 Å². The molecule has 0 aliphatic heterocycles. The van der Waals surface area contributed by atoms with E-state index in [0.717, 1.165) is 23.3 Å². The molecule has 0 atom stereocenters. The molecular formula is C31H27F3N2O4. The summed E-state index contributed by atoms with van der Waals surface area (Å²) in [6, 6.07) is 26.8. The minimum Gasteiger partial charge on any atom is -0.490 e. The van der Waals surface area contributed by atoms with Crippen LogP contribution in [0.1, 0.15) is 39.5 Å². The lowest BCUT2D eigenvalue weighted by Crippen LogP contribution is -2.22. The van der Waals surface area contributed by atoms with Crippen LogP contribution in [-0.2, 0) is 19.4 Å². The van der Waals surface area contributed by atoms with Gasteiger partial charge in [0.15, 0.2) is 11.5 Å². The summed E-state index contributed by atoms with van der Waals surface area (Å²) in [5.41, 5.74) is 3.01. The molecule has 9 heteroatoms. The van der Waals surface area contributed by atoms with Gasteiger partial charge in [0.1, 0.15) is 19.0 Å². The van der Waals surface area contributed by atoms with Crippen molar-refractivity contribution in [2.24, 2.45) is 5.10 Å². The molecule has 4 aromatic carbocycles. The zero-order chi connectivity index (χ0) is 28.4. The highest BCUT2D eigenvalue weighted by Crippen LogP contribution is 2.32. The van der Waals surface area contributed by atoms with E-state index in [1.165, 1.54) is 18.3 Å². The molecule has 40 heavy (non-hydrogen) atoms. The third-order valence-corrected chi connectivity index (χ3v) is 5.71. The van der Waals surface area contributed by atoms with Crippen molar-refractivity contribution in [2.75, 3.05) is 6.61 Å². The molecule has 1 N–H and O–H groups in total. The van der Waals surface area contributed by atoms with Crippen molar-refractivity contribution in [3.63, 3.8) is 0 Å². The Labute approximate surface area is 230 Å². The highest BCUT2D eigenvalue weighted by molar-refractivity contribution is 5.96. The summed E-state index contributed by atoms with van der Waals surface area (Å²) in [6.07, 6.45) is -3.35. The van der Waals surface area contributed by atoms with Gasteiger partial charge in [0.05, 0.1) is 23.9 Å². The Kier molecular flexibility index (Phi) is 9.40. The maximum absolute atomic E-state index is 13.2. The van der Waals surface area contributed by atoms with Crippen molar-refractivity contribution in [2.45, 2.75) is 26.3 Å². The molecule has 0 aromatic heterocycles. The fourth-order valence-electron chi connectivity index (χ4n) is 3.79. The number of hydrogen-bond acceptors (Lipinski definition) is 5. The highest BCUT2D eigenvalue weighted by atomic mass is 19.4. The maximum Gasteiger partial charge on any atom is 0.417 e. The van der Waals surface area contributed by atoms with Crippen molar-refractivity contribution < 1.29 is 32.2 Å². The van der Waals surface area contributed by atoms with Crippen LogP contribution in [0.4, 0.5) is 13.2 Å². The predicted molar refractivity (Wildman–Crippen MR) is 146 cm³/mol. The Morgan fingerprint density at radius 3 is 2.23 bits per heavy atom. The summed E-state index contributed by atoms with van der Waals surface area (Å²) >= 11 is 0. The Morgan fingerprint density at radius 1 is 0.775 bits per heavy atom. The molecule has 206 valence electrons. The Hall–Kier alpha value is -4.79. The summed E-state index contributed by atoms with van der Waals surface area (Å²) in [6.45, 7) is 2.96. The molecule has 0 aliphatic carbocycles. The maximum atomic E-state index is 13.2. The number of para-hydroxylation sites is 1. The third-order valence-electron chi connectivity index (χ3n) is 5.71. The van der Waals surface area contributed by atoms with Crippen LogP contribution in [0.15, 0.2) is 102 Å². The molecule has 0 aliphatic rings. The van der Waals surface area contributed by atoms with Crippen molar-refractivity contribution in [1.29, 1.82) is 0 Å². The first kappa shape index (κ1) is 28.2. The van der Waals surface area contributed by atoms with Gasteiger partial charge in [0.25, 0.3) is 5.91 Å². The van der Waals surface area contributed by atoms with Crippen LogP contribution in [0.5, 0.6) is 17.2 Å². The number of carbonyl (C=O) groups is 1. The van der Waals surface area contributed by atoms with Gasteiger partial charge in [-0.2, -0.15) is 18.3 Å². The van der Waals surface area contributed by atoms with Gasteiger partial charge in [-0.15, -0.1) is 0 Å². The van der Waals surface area contributed by atoms with E-state index in [1.807, 2.05) is 55.5 Å². The lowest BCUT2D eigenvalue weighted by molar-refractivity contribution is -0.137. The number of alkyl halides is 3. The normalized spacial score (nSPS) is 11.3. The standard InChI is InChI=1S/C31H27F3N2O4/c1-2-38-29-18-23(16-17-28(29)40-20-22-10-4-3-5-11-22)21-39-27-15-9-6-12-24(27)19-35-36-30(37)25-13-7-8-14-26(25)31(32,33)34/h3-19H,2,20-21H2,1H3,(H,36,37)/b35-19+. The summed E-state index contributed by atoms with van der Waals surface area (Å²) in [7, 11) is 0. The first-order chi connectivity index (χ1) is 19.3. The number of hydrazone groups is 1. The second kappa shape index (κ2) is 13.3. The number of carbonyl (C=O) groups excluding carboxylic acids is 1. The molecule has 0 fully saturated rings.